The van der Waals surface area contributed by atoms with Gasteiger partial charge in [-0.2, -0.15) is 0 Å². The molecule has 3 aliphatic heterocycles. The van der Waals surface area contributed by atoms with E-state index >= 15 is 0 Å². The number of methoxy groups -OCH3 is 1. The Bertz CT molecular complexity index is 609. The van der Waals surface area contributed by atoms with E-state index in [1.54, 1.807) is 6.92 Å². The molecular weight excluding hydrogens is 452 g/mol. The van der Waals surface area contributed by atoms with Gasteiger partial charge in [-0.05, 0) is 6.92 Å². The lowest BCUT2D eigenvalue weighted by molar-refractivity contribution is -0.385. The summed E-state index contributed by atoms with van der Waals surface area (Å²) >= 11 is 0. The molecule has 8 N–H and O–H groups in total. The summed E-state index contributed by atoms with van der Waals surface area (Å²) in [5.74, 6) is 0. The third kappa shape index (κ3) is 5.65. The number of hydrogen-bond acceptors (Lipinski definition) is 14. The van der Waals surface area contributed by atoms with Gasteiger partial charge in [0.1, 0.15) is 54.9 Å². The molecule has 3 saturated heterocycles. The summed E-state index contributed by atoms with van der Waals surface area (Å²) in [5.41, 5.74) is 0. The summed E-state index contributed by atoms with van der Waals surface area (Å²) < 4.78 is 33.2. The molecule has 33 heavy (non-hydrogen) atoms. The second-order valence-corrected chi connectivity index (χ2v) is 8.43. The molecule has 14 heteroatoms. The Balaban J connectivity index is 1.83. The number of ether oxygens (including phenoxy) is 6. The van der Waals surface area contributed by atoms with E-state index in [4.69, 9.17) is 28.4 Å². The summed E-state index contributed by atoms with van der Waals surface area (Å²) in [6.45, 7) is 0.276. The fraction of sp³-hybridized carbons (Fsp3) is 1.00. The van der Waals surface area contributed by atoms with Crippen LogP contribution in [0.3, 0.4) is 0 Å². The van der Waals surface area contributed by atoms with Crippen LogP contribution in [0.4, 0.5) is 0 Å². The molecule has 3 fully saturated rings. The van der Waals surface area contributed by atoms with Crippen molar-refractivity contribution < 1.29 is 69.3 Å². The molecule has 0 unspecified atom stereocenters. The van der Waals surface area contributed by atoms with Gasteiger partial charge in [-0.15, -0.1) is 0 Å². The third-order valence-corrected chi connectivity index (χ3v) is 6.15. The second kappa shape index (κ2) is 11.5. The van der Waals surface area contributed by atoms with Crippen molar-refractivity contribution in [1.29, 1.82) is 0 Å². The van der Waals surface area contributed by atoms with Crippen LogP contribution in [0.2, 0.25) is 0 Å². The summed E-state index contributed by atoms with van der Waals surface area (Å²) in [7, 11) is 1.25. The second-order valence-electron chi connectivity index (χ2n) is 8.43. The van der Waals surface area contributed by atoms with Gasteiger partial charge in [-0.1, -0.05) is 0 Å². The minimum absolute atomic E-state index is 0.0550. The quantitative estimate of drug-likeness (QED) is 0.169. The Morgan fingerprint density at radius 1 is 0.667 bits per heavy atom. The summed E-state index contributed by atoms with van der Waals surface area (Å²) in [5, 5.41) is 80.3. The molecule has 194 valence electrons. The zero-order valence-electron chi connectivity index (χ0n) is 18.2. The van der Waals surface area contributed by atoms with Crippen LogP contribution < -0.4 is 0 Å². The Kier molecular flexibility index (Phi) is 9.38. The molecule has 3 rings (SSSR count). The highest BCUT2D eigenvalue weighted by Crippen LogP contribution is 2.33. The van der Waals surface area contributed by atoms with Crippen LogP contribution in [0.5, 0.6) is 0 Å². The Morgan fingerprint density at radius 3 is 1.85 bits per heavy atom. The molecule has 0 saturated carbocycles. The first-order chi connectivity index (χ1) is 15.6. The van der Waals surface area contributed by atoms with Crippen LogP contribution in [-0.4, -0.2) is 147 Å². The van der Waals surface area contributed by atoms with Crippen LogP contribution in [0.15, 0.2) is 0 Å². The zero-order chi connectivity index (χ0) is 24.4. The smallest absolute Gasteiger partial charge is 0.187 e. The molecule has 0 aromatic rings. The van der Waals surface area contributed by atoms with Crippen LogP contribution in [0.25, 0.3) is 0 Å². The van der Waals surface area contributed by atoms with Crippen molar-refractivity contribution in [2.75, 3.05) is 20.3 Å². The van der Waals surface area contributed by atoms with E-state index in [0.29, 0.717) is 0 Å². The first-order valence-electron chi connectivity index (χ1n) is 10.7. The monoisotopic (exact) mass is 486 g/mol. The summed E-state index contributed by atoms with van der Waals surface area (Å²) in [6.07, 6.45) is -18.8. The van der Waals surface area contributed by atoms with Crippen LogP contribution in [0, 0.1) is 0 Å². The molecule has 0 bridgehead atoms. The van der Waals surface area contributed by atoms with Gasteiger partial charge in [-0.3, -0.25) is 0 Å². The normalized spacial score (nSPS) is 51.5. The zero-order valence-corrected chi connectivity index (χ0v) is 18.2. The van der Waals surface area contributed by atoms with Crippen molar-refractivity contribution in [3.05, 3.63) is 0 Å². The molecule has 3 heterocycles. The molecule has 14 nitrogen and oxygen atoms in total. The maximum Gasteiger partial charge on any atom is 0.187 e. The van der Waals surface area contributed by atoms with Crippen molar-refractivity contribution in [2.24, 2.45) is 0 Å². The van der Waals surface area contributed by atoms with E-state index in [-0.39, 0.29) is 6.42 Å². The number of rotatable bonds is 7. The van der Waals surface area contributed by atoms with Gasteiger partial charge in [-0.25, -0.2) is 0 Å². The van der Waals surface area contributed by atoms with E-state index in [9.17, 15) is 40.9 Å². The van der Waals surface area contributed by atoms with Crippen molar-refractivity contribution >= 4 is 0 Å². The molecule has 14 atom stereocenters. The molecule has 3 aliphatic rings. The number of hydrogen-bond donors (Lipinski definition) is 8. The first kappa shape index (κ1) is 27.0. The maximum atomic E-state index is 10.8. The van der Waals surface area contributed by atoms with Gasteiger partial charge in [0.15, 0.2) is 18.9 Å². The summed E-state index contributed by atoms with van der Waals surface area (Å²) in [6, 6.07) is 0. The molecule has 0 amide bonds. The predicted molar refractivity (Wildman–Crippen MR) is 103 cm³/mol. The topological polar surface area (TPSA) is 217 Å². The number of aliphatic hydroxyl groups excluding tert-OH is 8. The molecule has 0 spiro atoms. The van der Waals surface area contributed by atoms with E-state index < -0.39 is 99.2 Å². The lowest BCUT2D eigenvalue weighted by atomic mass is 9.96. The van der Waals surface area contributed by atoms with E-state index in [0.717, 1.165) is 0 Å². The standard InChI is InChI=1S/C19H34O14/c1-6-7(22)3-8(23)17(29-6)32-15-12(25)10(5-21)31-19(28-2)16(15)33-18-14(27)13(26)11(24)9(4-20)30-18/h6-27H,3-5H2,1-2H3/t6-,7-,8-,9-,10-,11-,12-,13+,14-,15+,16+,17-,18+,19+/m1/s1. The SMILES string of the molecule is CO[C@H]1O[C@H](CO)[C@@H](O)[C@H](O[C@H]2O[C@H](C)[C@H](O)C[C@H]2O)[C@@H]1O[C@@H]1O[C@H](CO)[C@@H](O)[C@H](O)[C@H]1O. The largest absolute Gasteiger partial charge is 0.394 e. The van der Waals surface area contributed by atoms with Gasteiger partial charge >= 0.3 is 0 Å². The highest BCUT2D eigenvalue weighted by molar-refractivity contribution is 4.95. The Hall–Kier alpha value is -0.560. The van der Waals surface area contributed by atoms with E-state index in [1.807, 2.05) is 0 Å². The predicted octanol–water partition coefficient (Wildman–Crippen LogP) is -4.86. The molecule has 0 aliphatic carbocycles. The Labute approximate surface area is 189 Å². The van der Waals surface area contributed by atoms with Crippen molar-refractivity contribution in [1.82, 2.24) is 0 Å². The van der Waals surface area contributed by atoms with Crippen molar-refractivity contribution in [2.45, 2.75) is 99.4 Å². The lowest BCUT2D eigenvalue weighted by Gasteiger charge is -2.48. The van der Waals surface area contributed by atoms with Crippen molar-refractivity contribution in [3.8, 4) is 0 Å². The molecular formula is C19H34O14. The fourth-order valence-electron chi connectivity index (χ4n) is 4.09. The van der Waals surface area contributed by atoms with Crippen LogP contribution in [0.1, 0.15) is 13.3 Å². The third-order valence-electron chi connectivity index (χ3n) is 6.15. The highest BCUT2D eigenvalue weighted by atomic mass is 16.8. The van der Waals surface area contributed by atoms with E-state index in [1.165, 1.54) is 7.11 Å². The molecule has 0 aromatic heterocycles. The van der Waals surface area contributed by atoms with Gasteiger partial charge in [0.25, 0.3) is 0 Å². The van der Waals surface area contributed by atoms with Crippen molar-refractivity contribution in [3.63, 3.8) is 0 Å². The van der Waals surface area contributed by atoms with E-state index in [2.05, 4.69) is 0 Å². The van der Waals surface area contributed by atoms with Crippen LogP contribution in [-0.2, 0) is 28.4 Å². The van der Waals surface area contributed by atoms with Gasteiger partial charge in [0.2, 0.25) is 0 Å². The average molecular weight is 486 g/mol. The minimum atomic E-state index is -1.75. The number of aliphatic hydroxyl groups is 8. The van der Waals surface area contributed by atoms with Gasteiger partial charge in [0, 0.05) is 13.5 Å². The Morgan fingerprint density at radius 2 is 1.24 bits per heavy atom. The van der Waals surface area contributed by atoms with Gasteiger partial charge < -0.3 is 69.3 Å². The average Bonchev–Trinajstić information content (AvgIpc) is 2.79. The molecule has 0 aromatic carbocycles. The maximum absolute atomic E-state index is 10.8. The summed E-state index contributed by atoms with van der Waals surface area (Å²) in [4.78, 5) is 0. The fourth-order valence-corrected chi connectivity index (χ4v) is 4.09. The highest BCUT2D eigenvalue weighted by Gasteiger charge is 2.53. The van der Waals surface area contributed by atoms with Crippen LogP contribution >= 0.6 is 0 Å². The minimum Gasteiger partial charge on any atom is -0.394 e. The first-order valence-corrected chi connectivity index (χ1v) is 10.7. The molecule has 0 radical (unpaired) electrons. The van der Waals surface area contributed by atoms with Gasteiger partial charge in [0.05, 0.1) is 25.4 Å². The lowest BCUT2D eigenvalue weighted by Crippen LogP contribution is -2.66.